The summed E-state index contributed by atoms with van der Waals surface area (Å²) < 4.78 is 9.74. The third-order valence-corrected chi connectivity index (χ3v) is 8.18. The zero-order valence-electron chi connectivity index (χ0n) is 25.8. The molecule has 1 amide bonds. The van der Waals surface area contributed by atoms with Crippen molar-refractivity contribution >= 4 is 22.6 Å². The van der Waals surface area contributed by atoms with Crippen LogP contribution in [-0.2, 0) is 17.4 Å². The van der Waals surface area contributed by atoms with E-state index in [9.17, 15) is 4.79 Å². The number of anilines is 1. The molecule has 4 aromatic carbocycles. The third-order valence-electron chi connectivity index (χ3n) is 8.18. The summed E-state index contributed by atoms with van der Waals surface area (Å²) in [4.78, 5) is 17.1. The van der Waals surface area contributed by atoms with Crippen molar-refractivity contribution in [1.82, 2.24) is 24.5 Å². The van der Waals surface area contributed by atoms with Crippen molar-refractivity contribution < 1.29 is 9.53 Å². The van der Waals surface area contributed by atoms with Crippen LogP contribution in [0.3, 0.4) is 0 Å². The number of hydrogen-bond donors (Lipinski definition) is 1. The van der Waals surface area contributed by atoms with Gasteiger partial charge in [-0.25, -0.2) is 9.67 Å². The Morgan fingerprint density at radius 1 is 0.783 bits per heavy atom. The molecule has 8 heteroatoms. The van der Waals surface area contributed by atoms with E-state index < -0.39 is 5.54 Å². The molecular formula is C38H32N6O2. The predicted molar refractivity (Wildman–Crippen MR) is 181 cm³/mol. The van der Waals surface area contributed by atoms with Crippen LogP contribution in [0.25, 0.3) is 33.4 Å². The van der Waals surface area contributed by atoms with Crippen molar-refractivity contribution in [3.63, 3.8) is 0 Å². The zero-order chi connectivity index (χ0) is 31.7. The first-order chi connectivity index (χ1) is 22.5. The minimum Gasteiger partial charge on any atom is -0.481 e. The highest BCUT2D eigenvalue weighted by atomic mass is 16.5. The molecule has 7 aromatic rings. The third kappa shape index (κ3) is 4.90. The van der Waals surface area contributed by atoms with E-state index in [0.717, 1.165) is 38.9 Å². The van der Waals surface area contributed by atoms with Crippen molar-refractivity contribution in [2.24, 2.45) is 7.05 Å². The fraction of sp³-hybridized carbons (Fsp3) is 0.105. The van der Waals surface area contributed by atoms with Gasteiger partial charge in [0.2, 0.25) is 11.8 Å². The van der Waals surface area contributed by atoms with Crippen molar-refractivity contribution in [3.05, 3.63) is 150 Å². The molecule has 46 heavy (non-hydrogen) atoms. The van der Waals surface area contributed by atoms with Crippen LogP contribution in [0.4, 0.5) is 5.69 Å². The van der Waals surface area contributed by atoms with Crippen LogP contribution in [0, 0.1) is 0 Å². The van der Waals surface area contributed by atoms with Crippen molar-refractivity contribution in [3.8, 4) is 28.3 Å². The highest BCUT2D eigenvalue weighted by Crippen LogP contribution is 2.45. The number of hydrogen-bond acceptors (Lipinski definition) is 5. The molecule has 0 aliphatic rings. The number of pyridine rings is 1. The Morgan fingerprint density at radius 3 is 1.91 bits per heavy atom. The quantitative estimate of drug-likeness (QED) is 0.184. The summed E-state index contributed by atoms with van der Waals surface area (Å²) >= 11 is 0. The van der Waals surface area contributed by atoms with Crippen LogP contribution in [0.15, 0.2) is 134 Å². The average molecular weight is 605 g/mol. The van der Waals surface area contributed by atoms with Gasteiger partial charge in [-0.2, -0.15) is 10.2 Å². The fourth-order valence-electron chi connectivity index (χ4n) is 6.25. The number of aryl methyl sites for hydroxylation is 1. The van der Waals surface area contributed by atoms with Crippen LogP contribution in [0.5, 0.6) is 5.88 Å². The number of rotatable bonds is 8. The first kappa shape index (κ1) is 28.7. The van der Waals surface area contributed by atoms with Gasteiger partial charge in [0.05, 0.1) is 18.8 Å². The molecule has 0 radical (unpaired) electrons. The minimum atomic E-state index is -0.891. The zero-order valence-corrected chi connectivity index (χ0v) is 25.8. The second-order valence-electron chi connectivity index (χ2n) is 11.1. The van der Waals surface area contributed by atoms with Gasteiger partial charge < -0.3 is 10.1 Å². The Morgan fingerprint density at radius 2 is 1.39 bits per heavy atom. The molecule has 3 aromatic heterocycles. The first-order valence-corrected chi connectivity index (χ1v) is 15.0. The molecule has 3 heterocycles. The molecule has 226 valence electrons. The number of ether oxygens (including phenoxy) is 1. The van der Waals surface area contributed by atoms with Gasteiger partial charge in [-0.05, 0) is 34.9 Å². The highest BCUT2D eigenvalue weighted by Gasteiger charge is 2.41. The van der Waals surface area contributed by atoms with Crippen LogP contribution >= 0.6 is 0 Å². The number of nitrogens with zero attached hydrogens (tertiary/aromatic N) is 5. The van der Waals surface area contributed by atoms with Crippen LogP contribution in [0.1, 0.15) is 23.6 Å². The Labute approximate surface area is 266 Å². The molecule has 0 unspecified atom stereocenters. The summed E-state index contributed by atoms with van der Waals surface area (Å²) in [6.45, 7) is 1.50. The molecule has 0 atom stereocenters. The van der Waals surface area contributed by atoms with E-state index in [-0.39, 0.29) is 5.91 Å². The summed E-state index contributed by atoms with van der Waals surface area (Å²) in [6.07, 6.45) is 3.76. The van der Waals surface area contributed by atoms with Crippen molar-refractivity contribution in [2.45, 2.75) is 12.5 Å². The SMILES string of the molecule is COc1nc2c(-c3cccc(NC(C)=O)c3)nn(C(c3ccccc3)(c3ccccc3)c3ccccc3)c2cc1-c1cnn(C)c1. The Balaban J connectivity index is 1.65. The van der Waals surface area contributed by atoms with E-state index >= 15 is 0 Å². The summed E-state index contributed by atoms with van der Waals surface area (Å²) in [5, 5.41) is 12.8. The maximum Gasteiger partial charge on any atom is 0.221 e. The van der Waals surface area contributed by atoms with Gasteiger partial charge in [0, 0.05) is 42.5 Å². The summed E-state index contributed by atoms with van der Waals surface area (Å²) in [5.41, 5.74) is 7.49. The largest absolute Gasteiger partial charge is 0.481 e. The summed E-state index contributed by atoms with van der Waals surface area (Å²) in [5.74, 6) is 0.314. The molecule has 0 saturated carbocycles. The van der Waals surface area contributed by atoms with Gasteiger partial charge in [-0.3, -0.25) is 9.48 Å². The molecule has 0 aliphatic heterocycles. The van der Waals surface area contributed by atoms with Gasteiger partial charge in [0.25, 0.3) is 0 Å². The molecule has 0 bridgehead atoms. The van der Waals surface area contributed by atoms with E-state index in [0.29, 0.717) is 22.8 Å². The number of carbonyl (C=O) groups is 1. The second-order valence-corrected chi connectivity index (χ2v) is 11.1. The van der Waals surface area contributed by atoms with E-state index in [1.807, 2.05) is 61.9 Å². The van der Waals surface area contributed by atoms with Crippen LogP contribution < -0.4 is 10.1 Å². The minimum absolute atomic E-state index is 0.148. The predicted octanol–water partition coefficient (Wildman–Crippen LogP) is 7.31. The molecule has 0 fully saturated rings. The van der Waals surface area contributed by atoms with Gasteiger partial charge >= 0.3 is 0 Å². The van der Waals surface area contributed by atoms with E-state index in [1.54, 1.807) is 11.8 Å². The highest BCUT2D eigenvalue weighted by molar-refractivity contribution is 5.96. The average Bonchev–Trinajstić information content (AvgIpc) is 3.69. The number of benzene rings is 4. The number of carbonyl (C=O) groups excluding carboxylic acids is 1. The fourth-order valence-corrected chi connectivity index (χ4v) is 6.25. The Bertz CT molecular complexity index is 2060. The molecule has 7 rings (SSSR count). The smallest absolute Gasteiger partial charge is 0.221 e. The van der Waals surface area contributed by atoms with Crippen molar-refractivity contribution in [1.29, 1.82) is 0 Å². The van der Waals surface area contributed by atoms with Crippen LogP contribution in [0.2, 0.25) is 0 Å². The molecule has 0 spiro atoms. The summed E-state index contributed by atoms with van der Waals surface area (Å²) in [6, 6.07) is 41.0. The van der Waals surface area contributed by atoms with E-state index in [1.165, 1.54) is 6.92 Å². The van der Waals surface area contributed by atoms with Crippen LogP contribution in [-0.4, -0.2) is 37.6 Å². The monoisotopic (exact) mass is 604 g/mol. The molecular weight excluding hydrogens is 572 g/mol. The number of methoxy groups -OCH3 is 1. The van der Waals surface area contributed by atoms with Gasteiger partial charge in [0.1, 0.15) is 16.7 Å². The lowest BCUT2D eigenvalue weighted by atomic mass is 9.77. The maximum absolute atomic E-state index is 12.0. The van der Waals surface area contributed by atoms with E-state index in [4.69, 9.17) is 14.8 Å². The van der Waals surface area contributed by atoms with Gasteiger partial charge in [-0.15, -0.1) is 0 Å². The molecule has 8 nitrogen and oxygen atoms in total. The van der Waals surface area contributed by atoms with Crippen molar-refractivity contribution in [2.75, 3.05) is 12.4 Å². The Hall–Kier alpha value is -6.02. The lowest BCUT2D eigenvalue weighted by molar-refractivity contribution is -0.114. The molecule has 1 N–H and O–H groups in total. The standard InChI is InChI=1S/C38H32N6O2/c1-26(45)40-32-21-13-14-27(22-32)35-36-34(23-33(37(41-36)46-3)28-24-39-43(2)25-28)44(42-35)38(29-15-7-4-8-16-29,30-17-9-5-10-18-30)31-19-11-6-12-20-31/h4-25H,1-3H3,(H,40,45). The number of nitrogens with one attached hydrogen (secondary N) is 1. The number of amides is 1. The van der Waals surface area contributed by atoms with Gasteiger partial charge in [0.15, 0.2) is 0 Å². The maximum atomic E-state index is 12.0. The number of aromatic nitrogens is 5. The first-order valence-electron chi connectivity index (χ1n) is 15.0. The topological polar surface area (TPSA) is 86.9 Å². The molecule has 0 saturated heterocycles. The second kappa shape index (κ2) is 11.8. The lowest BCUT2D eigenvalue weighted by Crippen LogP contribution is -2.38. The molecule has 0 aliphatic carbocycles. The summed E-state index contributed by atoms with van der Waals surface area (Å²) in [7, 11) is 3.51. The number of fused-ring (bicyclic) bond motifs is 1. The van der Waals surface area contributed by atoms with E-state index in [2.05, 4.69) is 94.0 Å². The Kier molecular flexibility index (Phi) is 7.38. The normalized spacial score (nSPS) is 11.5. The lowest BCUT2D eigenvalue weighted by Gasteiger charge is -2.37. The van der Waals surface area contributed by atoms with Gasteiger partial charge in [-0.1, -0.05) is 103 Å².